The monoisotopic (exact) mass is 694 g/mol. The number of allylic oxidation sites excluding steroid dienone is 4. The lowest BCUT2D eigenvalue weighted by atomic mass is 9.79. The molecule has 0 bridgehead atoms. The fourth-order valence-electron chi connectivity index (χ4n) is 9.27. The van der Waals surface area contributed by atoms with Gasteiger partial charge in [0.25, 0.3) is 0 Å². The van der Waals surface area contributed by atoms with E-state index < -0.39 is 0 Å². The lowest BCUT2D eigenvalue weighted by Crippen LogP contribution is -2.16. The summed E-state index contributed by atoms with van der Waals surface area (Å²) >= 11 is 0. The smallest absolute Gasteiger partial charge is 0.241 e. The largest absolute Gasteiger partial charge is 0.278 e. The second-order valence-corrected chi connectivity index (χ2v) is 14.6. The van der Waals surface area contributed by atoms with E-state index >= 15 is 0 Å². The number of hydrogen-bond acceptors (Lipinski definition) is 3. The van der Waals surface area contributed by atoms with Gasteiger partial charge in [-0.1, -0.05) is 136 Å². The Morgan fingerprint density at radius 3 is 1.22 bits per heavy atom. The van der Waals surface area contributed by atoms with Crippen LogP contribution in [0.3, 0.4) is 0 Å². The Balaban J connectivity index is 1.30. The topological polar surface area (TPSA) is 53.5 Å². The first-order valence-corrected chi connectivity index (χ1v) is 18.3. The van der Waals surface area contributed by atoms with Crippen LogP contribution in [0.15, 0.2) is 164 Å². The van der Waals surface area contributed by atoms with Gasteiger partial charge in [-0.25, -0.2) is 0 Å². The van der Waals surface area contributed by atoms with E-state index in [9.17, 15) is 0 Å². The molecule has 4 heterocycles. The number of fused-ring (bicyclic) bond motifs is 11. The SMILES string of the molecule is C=CC1=C(C=C)C(C)(C)c2c1ccc1c2c2ccccc2n1-c1nc(-n2c3ccccc3c3ccccc32)nc(-n2c3ccccc3c3ccccc32)n1. The van der Waals surface area contributed by atoms with Gasteiger partial charge in [0.05, 0.1) is 33.1 Å². The van der Waals surface area contributed by atoms with Crippen molar-refractivity contribution in [3.8, 4) is 17.8 Å². The van der Waals surface area contributed by atoms with Crippen molar-refractivity contribution in [3.63, 3.8) is 0 Å². The Hall–Kier alpha value is -7.05. The maximum absolute atomic E-state index is 5.43. The molecule has 0 saturated heterocycles. The Labute approximate surface area is 311 Å². The van der Waals surface area contributed by atoms with Crippen LogP contribution in [0.5, 0.6) is 0 Å². The van der Waals surface area contributed by atoms with E-state index in [1.807, 2.05) is 12.2 Å². The Morgan fingerprint density at radius 1 is 0.444 bits per heavy atom. The Morgan fingerprint density at radius 2 is 0.815 bits per heavy atom. The first-order chi connectivity index (χ1) is 26.5. The fourth-order valence-corrected chi connectivity index (χ4v) is 9.27. The zero-order valence-electron chi connectivity index (χ0n) is 30.0. The molecule has 0 saturated carbocycles. The van der Waals surface area contributed by atoms with Gasteiger partial charge in [-0.2, -0.15) is 15.0 Å². The number of para-hydroxylation sites is 5. The summed E-state index contributed by atoms with van der Waals surface area (Å²) in [7, 11) is 0. The van der Waals surface area contributed by atoms with E-state index in [0.717, 1.165) is 65.6 Å². The Bertz CT molecular complexity index is 3050. The summed E-state index contributed by atoms with van der Waals surface area (Å²) in [5, 5.41) is 6.90. The van der Waals surface area contributed by atoms with E-state index in [1.165, 1.54) is 22.1 Å². The van der Waals surface area contributed by atoms with Crippen molar-refractivity contribution in [2.24, 2.45) is 0 Å². The molecule has 0 atom stereocenters. The molecule has 0 amide bonds. The lowest BCUT2D eigenvalue weighted by molar-refractivity contribution is 0.661. The summed E-state index contributed by atoms with van der Waals surface area (Å²) in [6.45, 7) is 13.0. The predicted molar refractivity (Wildman–Crippen MR) is 223 cm³/mol. The van der Waals surface area contributed by atoms with Gasteiger partial charge in [-0.3, -0.25) is 13.7 Å². The molecule has 0 fully saturated rings. The van der Waals surface area contributed by atoms with Crippen LogP contribution in [0.2, 0.25) is 0 Å². The van der Waals surface area contributed by atoms with Crippen molar-refractivity contribution in [3.05, 3.63) is 175 Å². The van der Waals surface area contributed by atoms with E-state index in [1.54, 1.807) is 0 Å². The highest BCUT2D eigenvalue weighted by Crippen LogP contribution is 2.52. The Kier molecular flexibility index (Phi) is 6.22. The molecule has 0 aliphatic heterocycles. The highest BCUT2D eigenvalue weighted by Gasteiger charge is 2.38. The maximum Gasteiger partial charge on any atom is 0.241 e. The van der Waals surface area contributed by atoms with Gasteiger partial charge >= 0.3 is 0 Å². The molecule has 6 heteroatoms. The molecule has 0 unspecified atom stereocenters. The van der Waals surface area contributed by atoms with Crippen molar-refractivity contribution >= 4 is 71.0 Å². The van der Waals surface area contributed by atoms with E-state index in [2.05, 4.69) is 174 Å². The molecule has 0 radical (unpaired) electrons. The zero-order valence-corrected chi connectivity index (χ0v) is 30.0. The molecule has 11 rings (SSSR count). The molecule has 54 heavy (non-hydrogen) atoms. The molecule has 1 aliphatic carbocycles. The van der Waals surface area contributed by atoms with Crippen LogP contribution in [0.25, 0.3) is 88.8 Å². The van der Waals surface area contributed by atoms with E-state index in [-0.39, 0.29) is 5.41 Å². The number of aromatic nitrogens is 6. The summed E-state index contributed by atoms with van der Waals surface area (Å²) < 4.78 is 6.58. The van der Waals surface area contributed by atoms with Crippen molar-refractivity contribution in [1.82, 2.24) is 28.7 Å². The third-order valence-corrected chi connectivity index (χ3v) is 11.5. The highest BCUT2D eigenvalue weighted by atomic mass is 15.3. The minimum Gasteiger partial charge on any atom is -0.278 e. The summed E-state index contributed by atoms with van der Waals surface area (Å²) in [4.78, 5) is 16.2. The van der Waals surface area contributed by atoms with Gasteiger partial charge in [0.1, 0.15) is 0 Å². The summed E-state index contributed by atoms with van der Waals surface area (Å²) in [6, 6.07) is 46.9. The van der Waals surface area contributed by atoms with Crippen LogP contribution in [-0.4, -0.2) is 28.7 Å². The van der Waals surface area contributed by atoms with Gasteiger partial charge < -0.3 is 0 Å². The molecule has 6 aromatic carbocycles. The van der Waals surface area contributed by atoms with Gasteiger partial charge in [0, 0.05) is 37.7 Å². The molecule has 1 aliphatic rings. The second-order valence-electron chi connectivity index (χ2n) is 14.6. The van der Waals surface area contributed by atoms with E-state index in [0.29, 0.717) is 17.8 Å². The zero-order chi connectivity index (χ0) is 36.3. The molecule has 0 spiro atoms. The molecule has 256 valence electrons. The number of nitrogens with zero attached hydrogens (tertiary/aromatic N) is 6. The number of rotatable bonds is 5. The average molecular weight is 695 g/mol. The molecular weight excluding hydrogens is 661 g/mol. The van der Waals surface area contributed by atoms with Crippen molar-refractivity contribution in [2.45, 2.75) is 19.3 Å². The minimum absolute atomic E-state index is 0.295. The first kappa shape index (κ1) is 30.6. The van der Waals surface area contributed by atoms with Gasteiger partial charge in [-0.15, -0.1) is 0 Å². The van der Waals surface area contributed by atoms with Gasteiger partial charge in [0.2, 0.25) is 17.8 Å². The van der Waals surface area contributed by atoms with E-state index in [4.69, 9.17) is 15.0 Å². The lowest BCUT2D eigenvalue weighted by Gasteiger charge is -2.24. The minimum atomic E-state index is -0.295. The third kappa shape index (κ3) is 3.91. The standard InChI is InChI=1S/C48H34N6/c1-5-29-34-27-28-42-43(44(34)48(3,4)36(29)6-2)35-21-11-16-26-41(35)54(42)47-50-45(52-37-22-12-7-17-30(37)31-18-8-13-23-38(31)52)49-46(51-47)53-39-24-14-9-19-32(39)33-20-10-15-25-40(33)53/h5-28H,1-2H2,3-4H3. The highest BCUT2D eigenvalue weighted by molar-refractivity contribution is 6.14. The van der Waals surface area contributed by atoms with Crippen LogP contribution < -0.4 is 0 Å². The molecular formula is C48H34N6. The summed E-state index contributed by atoms with van der Waals surface area (Å²) in [5.41, 5.74) is 10.7. The average Bonchev–Trinajstić information content (AvgIpc) is 3.90. The molecule has 6 nitrogen and oxygen atoms in total. The van der Waals surface area contributed by atoms with Crippen molar-refractivity contribution in [2.75, 3.05) is 0 Å². The predicted octanol–water partition coefficient (Wildman–Crippen LogP) is 11.6. The van der Waals surface area contributed by atoms with Crippen LogP contribution in [0.4, 0.5) is 0 Å². The summed E-state index contributed by atoms with van der Waals surface area (Å²) in [5.74, 6) is 1.64. The molecule has 0 N–H and O–H groups in total. The van der Waals surface area contributed by atoms with Crippen LogP contribution in [0, 0.1) is 0 Å². The van der Waals surface area contributed by atoms with Crippen LogP contribution >= 0.6 is 0 Å². The van der Waals surface area contributed by atoms with Crippen LogP contribution in [-0.2, 0) is 5.41 Å². The van der Waals surface area contributed by atoms with Crippen molar-refractivity contribution < 1.29 is 0 Å². The number of benzene rings is 6. The third-order valence-electron chi connectivity index (χ3n) is 11.5. The summed E-state index contributed by atoms with van der Waals surface area (Å²) in [6.07, 6.45) is 3.96. The number of hydrogen-bond donors (Lipinski definition) is 0. The normalized spacial score (nSPS) is 14.0. The quantitative estimate of drug-likeness (QED) is 0.180. The van der Waals surface area contributed by atoms with Gasteiger partial charge in [-0.05, 0) is 58.7 Å². The second kappa shape index (κ2) is 11.0. The van der Waals surface area contributed by atoms with Gasteiger partial charge in [0.15, 0.2) is 0 Å². The first-order valence-electron chi connectivity index (χ1n) is 18.3. The van der Waals surface area contributed by atoms with Crippen LogP contribution in [0.1, 0.15) is 25.0 Å². The van der Waals surface area contributed by atoms with Crippen molar-refractivity contribution in [1.29, 1.82) is 0 Å². The molecule has 4 aromatic heterocycles. The molecule has 10 aromatic rings. The fraction of sp³-hybridized carbons (Fsp3) is 0.0625. The maximum atomic E-state index is 5.43.